The van der Waals surface area contributed by atoms with Gasteiger partial charge in [-0.15, -0.1) is 0 Å². The highest BCUT2D eigenvalue weighted by Gasteiger charge is 2.30. The number of benzene rings is 1. The van der Waals surface area contributed by atoms with Crippen LogP contribution in [-0.2, 0) is 4.74 Å². The highest BCUT2D eigenvalue weighted by molar-refractivity contribution is 14.1. The van der Waals surface area contributed by atoms with Gasteiger partial charge in [0.25, 0.3) is 0 Å². The maximum absolute atomic E-state index is 12.2. The fourth-order valence-electron chi connectivity index (χ4n) is 2.68. The molecule has 1 aliphatic heterocycles. The molecule has 0 N–H and O–H groups in total. The molecule has 1 saturated heterocycles. The second kappa shape index (κ2) is 8.38. The number of hydrogen-bond acceptors (Lipinski definition) is 4. The normalized spacial score (nSPS) is 19.2. The van der Waals surface area contributed by atoms with Gasteiger partial charge in [-0.3, -0.25) is 4.90 Å². The molecule has 1 heterocycles. The summed E-state index contributed by atoms with van der Waals surface area (Å²) >= 11 is 2.28. The van der Waals surface area contributed by atoms with Crippen LogP contribution in [0.5, 0.6) is 5.75 Å². The molecule has 0 bridgehead atoms. The van der Waals surface area contributed by atoms with Crippen LogP contribution in [0.15, 0.2) is 24.3 Å². The molecule has 1 aromatic rings. The number of amides is 1. The molecule has 0 saturated carbocycles. The number of carbonyl (C=O) groups is 1. The van der Waals surface area contributed by atoms with E-state index in [1.165, 1.54) is 3.57 Å². The summed E-state index contributed by atoms with van der Waals surface area (Å²) in [6.45, 7) is 11.6. The van der Waals surface area contributed by atoms with Crippen molar-refractivity contribution in [2.75, 3.05) is 32.8 Å². The average molecular weight is 446 g/mol. The molecule has 1 aromatic carbocycles. The third kappa shape index (κ3) is 6.12. The Morgan fingerprint density at radius 3 is 2.71 bits per heavy atom. The topological polar surface area (TPSA) is 42.0 Å². The van der Waals surface area contributed by atoms with Crippen LogP contribution < -0.4 is 4.74 Å². The van der Waals surface area contributed by atoms with E-state index in [1.807, 2.05) is 49.9 Å². The fourth-order valence-corrected chi connectivity index (χ4v) is 3.19. The lowest BCUT2D eigenvalue weighted by Gasteiger charge is -2.40. The molecule has 0 radical (unpaired) electrons. The number of rotatable bonds is 4. The molecule has 5 nitrogen and oxygen atoms in total. The maximum atomic E-state index is 12.2. The van der Waals surface area contributed by atoms with Crippen LogP contribution in [0.1, 0.15) is 27.7 Å². The lowest BCUT2D eigenvalue weighted by atomic mass is 10.2. The Morgan fingerprint density at radius 1 is 1.33 bits per heavy atom. The summed E-state index contributed by atoms with van der Waals surface area (Å²) in [5, 5.41) is 0. The van der Waals surface area contributed by atoms with Crippen molar-refractivity contribution in [2.24, 2.45) is 0 Å². The van der Waals surface area contributed by atoms with E-state index in [-0.39, 0.29) is 12.1 Å². The van der Waals surface area contributed by atoms with Gasteiger partial charge in [-0.1, -0.05) is 6.07 Å². The Hall–Kier alpha value is -1.02. The molecule has 1 amide bonds. The summed E-state index contributed by atoms with van der Waals surface area (Å²) in [4.78, 5) is 16.4. The van der Waals surface area contributed by atoms with Crippen LogP contribution in [0.2, 0.25) is 0 Å². The standard InChI is InChI=1S/C18H27IN2O3/c1-14-13-20(8-9-21(14)17(22)24-18(2,3)4)10-11-23-16-7-5-6-15(19)12-16/h5-7,12,14H,8-11,13H2,1-4H3/t14-/m1/s1. The number of piperazine rings is 1. The molecular weight excluding hydrogens is 419 g/mol. The van der Waals surface area contributed by atoms with Gasteiger partial charge in [0, 0.05) is 35.8 Å². The molecule has 24 heavy (non-hydrogen) atoms. The number of halogens is 1. The minimum Gasteiger partial charge on any atom is -0.492 e. The van der Waals surface area contributed by atoms with Crippen molar-refractivity contribution in [3.05, 3.63) is 27.8 Å². The molecule has 1 fully saturated rings. The van der Waals surface area contributed by atoms with E-state index in [4.69, 9.17) is 9.47 Å². The highest BCUT2D eigenvalue weighted by Crippen LogP contribution is 2.17. The molecule has 0 spiro atoms. The van der Waals surface area contributed by atoms with Crippen LogP contribution in [-0.4, -0.2) is 60.3 Å². The number of carbonyl (C=O) groups excluding carboxylic acids is 1. The maximum Gasteiger partial charge on any atom is 0.410 e. The summed E-state index contributed by atoms with van der Waals surface area (Å²) in [6, 6.07) is 8.20. The Labute approximate surface area is 158 Å². The average Bonchev–Trinajstić information content (AvgIpc) is 2.45. The van der Waals surface area contributed by atoms with E-state index in [0.717, 1.165) is 25.4 Å². The van der Waals surface area contributed by atoms with Crippen molar-refractivity contribution < 1.29 is 14.3 Å². The van der Waals surface area contributed by atoms with Gasteiger partial charge < -0.3 is 14.4 Å². The summed E-state index contributed by atoms with van der Waals surface area (Å²) in [6.07, 6.45) is -0.218. The second-order valence-corrected chi connectivity index (χ2v) is 8.37. The van der Waals surface area contributed by atoms with Gasteiger partial charge in [0.2, 0.25) is 0 Å². The number of nitrogens with zero attached hydrogens (tertiary/aromatic N) is 2. The van der Waals surface area contributed by atoms with Crippen molar-refractivity contribution in [3.63, 3.8) is 0 Å². The lowest BCUT2D eigenvalue weighted by Crippen LogP contribution is -2.55. The van der Waals surface area contributed by atoms with E-state index in [2.05, 4.69) is 34.4 Å². The van der Waals surface area contributed by atoms with Gasteiger partial charge in [-0.25, -0.2) is 4.79 Å². The number of ether oxygens (including phenoxy) is 2. The zero-order valence-electron chi connectivity index (χ0n) is 14.9. The molecule has 0 unspecified atom stereocenters. The van der Waals surface area contributed by atoms with Gasteiger partial charge >= 0.3 is 6.09 Å². The van der Waals surface area contributed by atoms with Crippen molar-refractivity contribution in [2.45, 2.75) is 39.3 Å². The lowest BCUT2D eigenvalue weighted by molar-refractivity contribution is 0.000361. The van der Waals surface area contributed by atoms with Crippen LogP contribution in [0.25, 0.3) is 0 Å². The molecular formula is C18H27IN2O3. The minimum atomic E-state index is -0.449. The fraction of sp³-hybridized carbons (Fsp3) is 0.611. The van der Waals surface area contributed by atoms with Crippen LogP contribution in [0, 0.1) is 3.57 Å². The van der Waals surface area contributed by atoms with Crippen molar-refractivity contribution in [3.8, 4) is 5.75 Å². The summed E-state index contributed by atoms with van der Waals surface area (Å²) in [7, 11) is 0. The van der Waals surface area contributed by atoms with Gasteiger partial charge in [0.15, 0.2) is 0 Å². The Bertz CT molecular complexity index is 559. The predicted molar refractivity (Wildman–Crippen MR) is 103 cm³/mol. The first-order chi connectivity index (χ1) is 11.2. The molecule has 1 atom stereocenters. The first-order valence-electron chi connectivity index (χ1n) is 8.35. The first-order valence-corrected chi connectivity index (χ1v) is 9.43. The zero-order chi connectivity index (χ0) is 17.7. The molecule has 134 valence electrons. The smallest absolute Gasteiger partial charge is 0.410 e. The van der Waals surface area contributed by atoms with E-state index >= 15 is 0 Å². The first kappa shape index (κ1) is 19.3. The highest BCUT2D eigenvalue weighted by atomic mass is 127. The zero-order valence-corrected chi connectivity index (χ0v) is 17.1. The second-order valence-electron chi connectivity index (χ2n) is 7.13. The van der Waals surface area contributed by atoms with Crippen LogP contribution >= 0.6 is 22.6 Å². The van der Waals surface area contributed by atoms with E-state index in [9.17, 15) is 4.79 Å². The van der Waals surface area contributed by atoms with Crippen LogP contribution in [0.3, 0.4) is 0 Å². The monoisotopic (exact) mass is 446 g/mol. The summed E-state index contributed by atoms with van der Waals surface area (Å²) in [5.74, 6) is 0.905. The largest absolute Gasteiger partial charge is 0.492 e. The molecule has 6 heteroatoms. The molecule has 1 aliphatic rings. The van der Waals surface area contributed by atoms with Crippen molar-refractivity contribution in [1.82, 2.24) is 9.80 Å². The Kier molecular flexibility index (Phi) is 6.74. The Balaban J connectivity index is 1.75. The summed E-state index contributed by atoms with van der Waals surface area (Å²) < 4.78 is 12.5. The van der Waals surface area contributed by atoms with Gasteiger partial charge in [-0.05, 0) is 68.5 Å². The molecule has 2 rings (SSSR count). The quantitative estimate of drug-likeness (QED) is 0.663. The van der Waals surface area contributed by atoms with Crippen molar-refractivity contribution in [1.29, 1.82) is 0 Å². The minimum absolute atomic E-state index is 0.145. The third-order valence-corrected chi connectivity index (χ3v) is 4.48. The van der Waals surface area contributed by atoms with Gasteiger partial charge in [-0.2, -0.15) is 0 Å². The van der Waals surface area contributed by atoms with E-state index in [1.54, 1.807) is 0 Å². The molecule has 0 aliphatic carbocycles. The van der Waals surface area contributed by atoms with E-state index in [0.29, 0.717) is 13.2 Å². The van der Waals surface area contributed by atoms with Crippen molar-refractivity contribution >= 4 is 28.7 Å². The van der Waals surface area contributed by atoms with Gasteiger partial charge in [0.1, 0.15) is 18.0 Å². The third-order valence-electron chi connectivity index (χ3n) is 3.81. The summed E-state index contributed by atoms with van der Waals surface area (Å²) in [5.41, 5.74) is -0.449. The van der Waals surface area contributed by atoms with Crippen LogP contribution in [0.4, 0.5) is 4.79 Å². The predicted octanol–water partition coefficient (Wildman–Crippen LogP) is 3.61. The molecule has 0 aromatic heterocycles. The van der Waals surface area contributed by atoms with E-state index < -0.39 is 5.60 Å². The Morgan fingerprint density at radius 2 is 2.08 bits per heavy atom. The van der Waals surface area contributed by atoms with Gasteiger partial charge in [0.05, 0.1) is 0 Å². The number of hydrogen-bond donors (Lipinski definition) is 0. The SMILES string of the molecule is C[C@@H]1CN(CCOc2cccc(I)c2)CCN1C(=O)OC(C)(C)C.